The molecular weight excluding hydrogens is 224 g/mol. The van der Waals surface area contributed by atoms with Crippen molar-refractivity contribution in [2.75, 3.05) is 13.2 Å². The molecule has 1 unspecified atom stereocenters. The molecule has 96 valence electrons. The van der Waals surface area contributed by atoms with Crippen LogP contribution in [0.25, 0.3) is 0 Å². The van der Waals surface area contributed by atoms with E-state index in [-0.39, 0.29) is 5.97 Å². The van der Waals surface area contributed by atoms with Crippen LogP contribution in [0.15, 0.2) is 4.52 Å². The standard InChI is InChI=1S/C11H18N2O4/c1-4-8(11(14)16-6-3)10-12-9(13-17-10)7-15-5-2/h8H,4-7H2,1-3H3. The maximum absolute atomic E-state index is 11.6. The van der Waals surface area contributed by atoms with E-state index in [1.165, 1.54) is 0 Å². The first kappa shape index (κ1) is 13.6. The molecule has 17 heavy (non-hydrogen) atoms. The van der Waals surface area contributed by atoms with Gasteiger partial charge in [-0.15, -0.1) is 0 Å². The molecule has 0 aliphatic carbocycles. The summed E-state index contributed by atoms with van der Waals surface area (Å²) in [7, 11) is 0. The molecule has 0 aliphatic heterocycles. The van der Waals surface area contributed by atoms with Gasteiger partial charge in [-0.25, -0.2) is 0 Å². The molecule has 0 bridgehead atoms. The van der Waals surface area contributed by atoms with E-state index in [0.717, 1.165) is 0 Å². The number of aromatic nitrogens is 2. The second kappa shape index (κ2) is 7.01. The summed E-state index contributed by atoms with van der Waals surface area (Å²) in [4.78, 5) is 15.7. The van der Waals surface area contributed by atoms with E-state index in [2.05, 4.69) is 10.1 Å². The number of hydrogen-bond donors (Lipinski definition) is 0. The maximum Gasteiger partial charge on any atom is 0.318 e. The molecule has 0 N–H and O–H groups in total. The van der Waals surface area contributed by atoms with Gasteiger partial charge in [0, 0.05) is 6.61 Å². The van der Waals surface area contributed by atoms with E-state index in [9.17, 15) is 4.79 Å². The minimum Gasteiger partial charge on any atom is -0.465 e. The zero-order valence-electron chi connectivity index (χ0n) is 10.4. The van der Waals surface area contributed by atoms with E-state index >= 15 is 0 Å². The van der Waals surface area contributed by atoms with Gasteiger partial charge in [0.2, 0.25) is 5.89 Å². The summed E-state index contributed by atoms with van der Waals surface area (Å²) in [6, 6.07) is 0. The van der Waals surface area contributed by atoms with Crippen LogP contribution in [-0.2, 0) is 20.9 Å². The predicted molar refractivity (Wildman–Crippen MR) is 59.3 cm³/mol. The van der Waals surface area contributed by atoms with Gasteiger partial charge < -0.3 is 14.0 Å². The Morgan fingerprint density at radius 1 is 1.35 bits per heavy atom. The Balaban J connectivity index is 2.68. The number of ether oxygens (including phenoxy) is 2. The van der Waals surface area contributed by atoms with Gasteiger partial charge in [0.15, 0.2) is 5.82 Å². The van der Waals surface area contributed by atoms with Crippen LogP contribution in [-0.4, -0.2) is 29.3 Å². The summed E-state index contributed by atoms with van der Waals surface area (Å²) in [5.74, 6) is -0.0790. The zero-order valence-corrected chi connectivity index (χ0v) is 10.4. The number of esters is 1. The van der Waals surface area contributed by atoms with E-state index in [4.69, 9.17) is 14.0 Å². The van der Waals surface area contributed by atoms with Crippen molar-refractivity contribution in [1.82, 2.24) is 10.1 Å². The first-order valence-electron chi connectivity index (χ1n) is 5.79. The number of hydrogen-bond acceptors (Lipinski definition) is 6. The zero-order chi connectivity index (χ0) is 12.7. The van der Waals surface area contributed by atoms with Gasteiger partial charge >= 0.3 is 5.97 Å². The van der Waals surface area contributed by atoms with Gasteiger partial charge in [-0.1, -0.05) is 12.1 Å². The molecule has 0 aromatic carbocycles. The summed E-state index contributed by atoms with van der Waals surface area (Å²) in [5.41, 5.74) is 0. The molecule has 1 aromatic heterocycles. The molecule has 1 atom stereocenters. The Kier molecular flexibility index (Phi) is 5.62. The molecule has 1 aromatic rings. The Bertz CT molecular complexity index is 351. The molecule has 0 fully saturated rings. The first-order valence-corrected chi connectivity index (χ1v) is 5.79. The summed E-state index contributed by atoms with van der Waals surface area (Å²) in [5, 5.41) is 3.75. The number of carbonyl (C=O) groups is 1. The van der Waals surface area contributed by atoms with E-state index < -0.39 is 5.92 Å². The average Bonchev–Trinajstić information content (AvgIpc) is 2.76. The SMILES string of the molecule is CCOCc1noc(C(CC)C(=O)OCC)n1. The Labute approximate surface area is 100 Å². The molecule has 6 heteroatoms. The lowest BCUT2D eigenvalue weighted by Gasteiger charge is -2.08. The second-order valence-corrected chi connectivity index (χ2v) is 3.40. The third-order valence-corrected chi connectivity index (χ3v) is 2.20. The molecule has 6 nitrogen and oxygen atoms in total. The molecule has 0 amide bonds. The van der Waals surface area contributed by atoms with Crippen molar-refractivity contribution in [3.8, 4) is 0 Å². The van der Waals surface area contributed by atoms with Crippen molar-refractivity contribution in [2.24, 2.45) is 0 Å². The Hall–Kier alpha value is -1.43. The number of nitrogens with zero attached hydrogens (tertiary/aromatic N) is 2. The summed E-state index contributed by atoms with van der Waals surface area (Å²) >= 11 is 0. The highest BCUT2D eigenvalue weighted by molar-refractivity contribution is 5.76. The van der Waals surface area contributed by atoms with Crippen LogP contribution < -0.4 is 0 Å². The summed E-state index contributed by atoms with van der Waals surface area (Å²) in [6.07, 6.45) is 0.565. The largest absolute Gasteiger partial charge is 0.465 e. The highest BCUT2D eigenvalue weighted by atomic mass is 16.5. The van der Waals surface area contributed by atoms with Crippen molar-refractivity contribution in [1.29, 1.82) is 0 Å². The second-order valence-electron chi connectivity index (χ2n) is 3.40. The molecule has 0 spiro atoms. The van der Waals surface area contributed by atoms with Gasteiger partial charge in [0.05, 0.1) is 6.61 Å². The van der Waals surface area contributed by atoms with Crippen LogP contribution in [0.2, 0.25) is 0 Å². The van der Waals surface area contributed by atoms with Gasteiger partial charge in [0.1, 0.15) is 12.5 Å². The molecule has 0 aliphatic rings. The fraction of sp³-hybridized carbons (Fsp3) is 0.727. The van der Waals surface area contributed by atoms with Crippen molar-refractivity contribution in [3.63, 3.8) is 0 Å². The lowest BCUT2D eigenvalue weighted by molar-refractivity contribution is -0.145. The Morgan fingerprint density at radius 3 is 2.71 bits per heavy atom. The van der Waals surface area contributed by atoms with Crippen LogP contribution in [0, 0.1) is 0 Å². The molecule has 0 saturated heterocycles. The first-order chi connectivity index (χ1) is 8.22. The minimum absolute atomic E-state index is 0.291. The van der Waals surface area contributed by atoms with Gasteiger partial charge in [-0.05, 0) is 20.3 Å². The topological polar surface area (TPSA) is 74.5 Å². The minimum atomic E-state index is -0.488. The van der Waals surface area contributed by atoms with E-state index in [1.807, 2.05) is 13.8 Å². The molecule has 1 heterocycles. The maximum atomic E-state index is 11.6. The number of carbonyl (C=O) groups excluding carboxylic acids is 1. The van der Waals surface area contributed by atoms with Crippen LogP contribution in [0.5, 0.6) is 0 Å². The van der Waals surface area contributed by atoms with Crippen molar-refractivity contribution in [2.45, 2.75) is 39.7 Å². The summed E-state index contributed by atoms with van der Waals surface area (Å²) in [6.45, 7) is 6.73. The third-order valence-electron chi connectivity index (χ3n) is 2.20. The fourth-order valence-corrected chi connectivity index (χ4v) is 1.35. The highest BCUT2D eigenvalue weighted by Gasteiger charge is 2.26. The van der Waals surface area contributed by atoms with Crippen molar-refractivity contribution >= 4 is 5.97 Å². The quantitative estimate of drug-likeness (QED) is 0.677. The molecule has 1 rings (SSSR count). The van der Waals surface area contributed by atoms with Crippen molar-refractivity contribution < 1.29 is 18.8 Å². The highest BCUT2D eigenvalue weighted by Crippen LogP contribution is 2.19. The van der Waals surface area contributed by atoms with Gasteiger partial charge in [-0.2, -0.15) is 4.98 Å². The van der Waals surface area contributed by atoms with E-state index in [1.54, 1.807) is 6.92 Å². The van der Waals surface area contributed by atoms with Crippen LogP contribution in [0.1, 0.15) is 44.8 Å². The molecule has 0 radical (unpaired) electrons. The summed E-state index contributed by atoms with van der Waals surface area (Å²) < 4.78 is 15.1. The van der Waals surface area contributed by atoms with Crippen LogP contribution in [0.4, 0.5) is 0 Å². The molecular formula is C11H18N2O4. The lowest BCUT2D eigenvalue weighted by Crippen LogP contribution is -2.15. The number of rotatable bonds is 7. The van der Waals surface area contributed by atoms with Crippen LogP contribution >= 0.6 is 0 Å². The Morgan fingerprint density at radius 2 is 2.12 bits per heavy atom. The molecule has 0 saturated carbocycles. The third kappa shape index (κ3) is 3.81. The normalized spacial score (nSPS) is 12.4. The smallest absolute Gasteiger partial charge is 0.318 e. The van der Waals surface area contributed by atoms with Gasteiger partial charge in [-0.3, -0.25) is 4.79 Å². The van der Waals surface area contributed by atoms with Gasteiger partial charge in [0.25, 0.3) is 0 Å². The van der Waals surface area contributed by atoms with Crippen LogP contribution in [0.3, 0.4) is 0 Å². The monoisotopic (exact) mass is 242 g/mol. The lowest BCUT2D eigenvalue weighted by atomic mass is 10.1. The fourth-order valence-electron chi connectivity index (χ4n) is 1.35. The predicted octanol–water partition coefficient (Wildman–Crippen LogP) is 1.66. The average molecular weight is 242 g/mol. The van der Waals surface area contributed by atoms with E-state index in [0.29, 0.717) is 38.0 Å². The van der Waals surface area contributed by atoms with Crippen molar-refractivity contribution in [3.05, 3.63) is 11.7 Å².